The summed E-state index contributed by atoms with van der Waals surface area (Å²) in [6.45, 7) is 5.23. The van der Waals surface area contributed by atoms with E-state index in [1.807, 2.05) is 36.1 Å². The number of carbonyl (C=O) groups is 1. The van der Waals surface area contributed by atoms with Crippen LogP contribution in [0.5, 0.6) is 0 Å². The zero-order chi connectivity index (χ0) is 14.4. The number of rotatable bonds is 5. The van der Waals surface area contributed by atoms with Gasteiger partial charge in [0.15, 0.2) is 0 Å². The highest BCUT2D eigenvalue weighted by molar-refractivity contribution is 5.99. The van der Waals surface area contributed by atoms with Crippen molar-refractivity contribution in [3.05, 3.63) is 29.8 Å². The number of nitrogens with one attached hydrogen (secondary N) is 1. The molecule has 1 fully saturated rings. The molecule has 4 nitrogen and oxygen atoms in total. The van der Waals surface area contributed by atoms with Gasteiger partial charge in [0.25, 0.3) is 5.91 Å². The average Bonchev–Trinajstić information content (AvgIpc) is 2.48. The van der Waals surface area contributed by atoms with Crippen LogP contribution in [0.25, 0.3) is 0 Å². The van der Waals surface area contributed by atoms with Crippen molar-refractivity contribution in [2.75, 3.05) is 38.7 Å². The molecule has 1 N–H and O–H groups in total. The normalized spacial score (nSPS) is 18.9. The lowest BCUT2D eigenvalue weighted by molar-refractivity contribution is 0.0572. The summed E-state index contributed by atoms with van der Waals surface area (Å²) in [4.78, 5) is 14.7. The molecule has 20 heavy (non-hydrogen) atoms. The Labute approximate surface area is 121 Å². The van der Waals surface area contributed by atoms with Gasteiger partial charge in [-0.05, 0) is 37.8 Å². The van der Waals surface area contributed by atoms with E-state index in [1.54, 1.807) is 7.11 Å². The lowest BCUT2D eigenvalue weighted by atomic mass is 9.98. The monoisotopic (exact) mass is 276 g/mol. The van der Waals surface area contributed by atoms with Crippen molar-refractivity contribution in [1.82, 2.24) is 4.90 Å². The number of anilines is 1. The summed E-state index contributed by atoms with van der Waals surface area (Å²) in [5, 5.41) is 3.26. The van der Waals surface area contributed by atoms with Gasteiger partial charge < -0.3 is 15.0 Å². The first-order valence-electron chi connectivity index (χ1n) is 7.37. The molecule has 1 atom stereocenters. The van der Waals surface area contributed by atoms with Crippen LogP contribution in [0.1, 0.15) is 30.1 Å². The second kappa shape index (κ2) is 7.29. The molecule has 1 amide bonds. The molecule has 1 saturated heterocycles. The maximum absolute atomic E-state index is 12.7. The van der Waals surface area contributed by atoms with Gasteiger partial charge in [0.1, 0.15) is 0 Å². The van der Waals surface area contributed by atoms with Crippen LogP contribution >= 0.6 is 0 Å². The van der Waals surface area contributed by atoms with Gasteiger partial charge in [-0.2, -0.15) is 0 Å². The molecule has 0 aliphatic carbocycles. The molecule has 1 aliphatic heterocycles. The first kappa shape index (κ1) is 14.9. The summed E-state index contributed by atoms with van der Waals surface area (Å²) in [5.74, 6) is 0.589. The van der Waals surface area contributed by atoms with Crippen molar-refractivity contribution < 1.29 is 9.53 Å². The van der Waals surface area contributed by atoms with E-state index in [0.717, 1.165) is 50.3 Å². The van der Waals surface area contributed by atoms with Crippen molar-refractivity contribution in [3.8, 4) is 0 Å². The molecule has 0 aromatic heterocycles. The van der Waals surface area contributed by atoms with Gasteiger partial charge in [-0.1, -0.05) is 12.1 Å². The summed E-state index contributed by atoms with van der Waals surface area (Å²) < 4.78 is 5.23. The van der Waals surface area contributed by atoms with Crippen LogP contribution in [0.4, 0.5) is 5.69 Å². The number of hydrogen-bond acceptors (Lipinski definition) is 3. The second-order valence-electron chi connectivity index (χ2n) is 5.29. The first-order valence-corrected chi connectivity index (χ1v) is 7.37. The van der Waals surface area contributed by atoms with Gasteiger partial charge >= 0.3 is 0 Å². The smallest absolute Gasteiger partial charge is 0.255 e. The number of benzene rings is 1. The minimum Gasteiger partial charge on any atom is -0.385 e. The minimum atomic E-state index is 0.127. The molecule has 1 aromatic carbocycles. The third-order valence-electron chi connectivity index (χ3n) is 3.73. The van der Waals surface area contributed by atoms with Crippen LogP contribution in [-0.4, -0.2) is 44.2 Å². The van der Waals surface area contributed by atoms with Crippen molar-refractivity contribution in [3.63, 3.8) is 0 Å². The average molecular weight is 276 g/mol. The lowest BCUT2D eigenvalue weighted by Crippen LogP contribution is -2.41. The van der Waals surface area contributed by atoms with E-state index in [2.05, 4.69) is 5.32 Å². The van der Waals surface area contributed by atoms with Gasteiger partial charge in [0, 0.05) is 32.4 Å². The topological polar surface area (TPSA) is 41.6 Å². The van der Waals surface area contributed by atoms with Crippen LogP contribution in [0.3, 0.4) is 0 Å². The Bertz CT molecular complexity index is 446. The van der Waals surface area contributed by atoms with E-state index in [1.165, 1.54) is 0 Å². The lowest BCUT2D eigenvalue weighted by Gasteiger charge is -2.33. The fraction of sp³-hybridized carbons (Fsp3) is 0.562. The van der Waals surface area contributed by atoms with E-state index in [4.69, 9.17) is 4.74 Å². The molecule has 0 saturated carbocycles. The Morgan fingerprint density at radius 1 is 1.45 bits per heavy atom. The van der Waals surface area contributed by atoms with Gasteiger partial charge in [-0.3, -0.25) is 4.79 Å². The zero-order valence-corrected chi connectivity index (χ0v) is 12.4. The van der Waals surface area contributed by atoms with Crippen LogP contribution < -0.4 is 5.32 Å². The molecule has 2 rings (SSSR count). The van der Waals surface area contributed by atoms with Gasteiger partial charge in [-0.15, -0.1) is 0 Å². The van der Waals surface area contributed by atoms with E-state index >= 15 is 0 Å². The molecular weight excluding hydrogens is 252 g/mol. The van der Waals surface area contributed by atoms with Crippen molar-refractivity contribution in [2.24, 2.45) is 5.92 Å². The summed E-state index contributed by atoms with van der Waals surface area (Å²) in [5.41, 5.74) is 1.70. The zero-order valence-electron chi connectivity index (χ0n) is 12.4. The highest BCUT2D eigenvalue weighted by Crippen LogP contribution is 2.22. The Morgan fingerprint density at radius 3 is 3.00 bits per heavy atom. The predicted molar refractivity (Wildman–Crippen MR) is 81.1 cm³/mol. The Morgan fingerprint density at radius 2 is 2.25 bits per heavy atom. The predicted octanol–water partition coefficient (Wildman–Crippen LogP) is 2.62. The van der Waals surface area contributed by atoms with Gasteiger partial charge in [0.2, 0.25) is 0 Å². The Balaban J connectivity index is 2.10. The molecule has 4 heteroatoms. The summed E-state index contributed by atoms with van der Waals surface area (Å²) in [6.07, 6.45) is 2.20. The highest BCUT2D eigenvalue weighted by atomic mass is 16.5. The maximum atomic E-state index is 12.7. The fourth-order valence-electron chi connectivity index (χ4n) is 2.81. The van der Waals surface area contributed by atoms with Crippen molar-refractivity contribution in [1.29, 1.82) is 0 Å². The number of carbonyl (C=O) groups excluding carboxylic acids is 1. The molecule has 1 heterocycles. The van der Waals surface area contributed by atoms with E-state index in [9.17, 15) is 4.79 Å². The van der Waals surface area contributed by atoms with Crippen LogP contribution in [-0.2, 0) is 4.74 Å². The number of likely N-dealkylation sites (tertiary alicyclic amines) is 1. The summed E-state index contributed by atoms with van der Waals surface area (Å²) in [6, 6.07) is 7.75. The number of para-hydroxylation sites is 1. The van der Waals surface area contributed by atoms with E-state index in [-0.39, 0.29) is 5.91 Å². The van der Waals surface area contributed by atoms with Gasteiger partial charge in [0.05, 0.1) is 12.2 Å². The molecule has 1 aliphatic rings. The SMILES string of the molecule is CCNc1ccccc1C(=O)N1CCCC(COC)C1. The number of amides is 1. The molecule has 0 spiro atoms. The van der Waals surface area contributed by atoms with Crippen LogP contribution in [0, 0.1) is 5.92 Å². The minimum absolute atomic E-state index is 0.127. The van der Waals surface area contributed by atoms with Crippen molar-refractivity contribution in [2.45, 2.75) is 19.8 Å². The standard InChI is InChI=1S/C16H24N2O2/c1-3-17-15-9-5-4-8-14(15)16(19)18-10-6-7-13(11-18)12-20-2/h4-5,8-9,13,17H,3,6-7,10-12H2,1-2H3. The molecule has 110 valence electrons. The number of methoxy groups -OCH3 is 1. The third-order valence-corrected chi connectivity index (χ3v) is 3.73. The maximum Gasteiger partial charge on any atom is 0.255 e. The van der Waals surface area contributed by atoms with E-state index < -0.39 is 0 Å². The van der Waals surface area contributed by atoms with Crippen LogP contribution in [0.15, 0.2) is 24.3 Å². The summed E-state index contributed by atoms with van der Waals surface area (Å²) >= 11 is 0. The van der Waals surface area contributed by atoms with Crippen LogP contribution in [0.2, 0.25) is 0 Å². The number of hydrogen-bond donors (Lipinski definition) is 1. The first-order chi connectivity index (χ1) is 9.76. The second-order valence-corrected chi connectivity index (χ2v) is 5.29. The number of nitrogens with zero attached hydrogens (tertiary/aromatic N) is 1. The molecule has 0 radical (unpaired) electrons. The number of ether oxygens (including phenoxy) is 1. The third kappa shape index (κ3) is 3.51. The molecule has 0 bridgehead atoms. The number of piperidine rings is 1. The Hall–Kier alpha value is -1.55. The van der Waals surface area contributed by atoms with E-state index in [0.29, 0.717) is 5.92 Å². The molecule has 1 unspecified atom stereocenters. The molecular formula is C16H24N2O2. The molecule has 1 aromatic rings. The fourth-order valence-corrected chi connectivity index (χ4v) is 2.81. The Kier molecular flexibility index (Phi) is 5.41. The van der Waals surface area contributed by atoms with Gasteiger partial charge in [-0.25, -0.2) is 0 Å². The quantitative estimate of drug-likeness (QED) is 0.899. The van der Waals surface area contributed by atoms with Crippen molar-refractivity contribution >= 4 is 11.6 Å². The summed E-state index contributed by atoms with van der Waals surface area (Å²) in [7, 11) is 1.72. The highest BCUT2D eigenvalue weighted by Gasteiger charge is 2.25. The largest absolute Gasteiger partial charge is 0.385 e.